The zero-order valence-electron chi connectivity index (χ0n) is 18.5. The molecular formula is C24H32N4O4. The van der Waals surface area contributed by atoms with Crippen LogP contribution in [-0.4, -0.2) is 65.0 Å². The van der Waals surface area contributed by atoms with Crippen molar-refractivity contribution in [1.82, 2.24) is 15.1 Å². The molecule has 2 N–H and O–H groups in total. The summed E-state index contributed by atoms with van der Waals surface area (Å²) in [4.78, 5) is 42.2. The molecule has 0 radical (unpaired) electrons. The maximum Gasteiger partial charge on any atom is 0.318 e. The Morgan fingerprint density at radius 3 is 2.56 bits per heavy atom. The Morgan fingerprint density at radius 1 is 1.03 bits per heavy atom. The number of benzene rings is 1. The summed E-state index contributed by atoms with van der Waals surface area (Å²) in [6.45, 7) is 1.69. The number of hydrogen-bond acceptors (Lipinski definition) is 4. The molecule has 0 aromatic heterocycles. The molecule has 0 bridgehead atoms. The highest BCUT2D eigenvalue weighted by molar-refractivity contribution is 5.94. The van der Waals surface area contributed by atoms with Crippen molar-refractivity contribution in [3.8, 4) is 5.75 Å². The van der Waals surface area contributed by atoms with Gasteiger partial charge in [0.05, 0.1) is 12.1 Å². The van der Waals surface area contributed by atoms with Crippen molar-refractivity contribution in [2.24, 2.45) is 0 Å². The van der Waals surface area contributed by atoms with Crippen molar-refractivity contribution in [3.63, 3.8) is 0 Å². The van der Waals surface area contributed by atoms with E-state index in [1.54, 1.807) is 4.90 Å². The Kier molecular flexibility index (Phi) is 5.69. The second kappa shape index (κ2) is 8.64. The minimum atomic E-state index is -0.595. The lowest BCUT2D eigenvalue weighted by Crippen LogP contribution is -2.56. The van der Waals surface area contributed by atoms with Crippen LogP contribution in [-0.2, 0) is 9.59 Å². The molecule has 1 aromatic carbocycles. The van der Waals surface area contributed by atoms with Crippen LogP contribution < -0.4 is 15.4 Å². The minimum absolute atomic E-state index is 0.0254. The Morgan fingerprint density at radius 2 is 1.78 bits per heavy atom. The number of para-hydroxylation sites is 2. The van der Waals surface area contributed by atoms with Crippen LogP contribution in [0.1, 0.15) is 57.8 Å². The summed E-state index contributed by atoms with van der Waals surface area (Å²) in [5, 5.41) is 6.05. The highest BCUT2D eigenvalue weighted by Crippen LogP contribution is 2.38. The zero-order valence-corrected chi connectivity index (χ0v) is 18.5. The van der Waals surface area contributed by atoms with Gasteiger partial charge in [-0.1, -0.05) is 25.0 Å². The number of piperidine rings is 1. The summed E-state index contributed by atoms with van der Waals surface area (Å²) in [7, 11) is 0. The van der Waals surface area contributed by atoms with E-state index < -0.39 is 5.60 Å². The van der Waals surface area contributed by atoms with Gasteiger partial charge >= 0.3 is 6.03 Å². The van der Waals surface area contributed by atoms with Gasteiger partial charge in [0.15, 0.2) is 0 Å². The van der Waals surface area contributed by atoms with Crippen molar-refractivity contribution >= 4 is 23.5 Å². The quantitative estimate of drug-likeness (QED) is 0.740. The van der Waals surface area contributed by atoms with Gasteiger partial charge in [-0.25, -0.2) is 4.79 Å². The first-order valence-corrected chi connectivity index (χ1v) is 12.0. The van der Waals surface area contributed by atoms with Crippen molar-refractivity contribution in [2.75, 3.05) is 25.0 Å². The molecular weight excluding hydrogens is 408 g/mol. The van der Waals surface area contributed by atoms with Crippen molar-refractivity contribution < 1.29 is 19.1 Å². The van der Waals surface area contributed by atoms with E-state index in [0.29, 0.717) is 50.3 Å². The maximum atomic E-state index is 13.3. The number of fused-ring (bicyclic) bond motifs is 1. The average Bonchev–Trinajstić information content (AvgIpc) is 3.45. The third-order valence-electron chi connectivity index (χ3n) is 7.44. The largest absolute Gasteiger partial charge is 0.484 e. The lowest BCUT2D eigenvalue weighted by molar-refractivity contribution is -0.139. The van der Waals surface area contributed by atoms with Crippen LogP contribution >= 0.6 is 0 Å². The van der Waals surface area contributed by atoms with Gasteiger partial charge in [-0.2, -0.15) is 0 Å². The Balaban J connectivity index is 1.22. The molecule has 1 aromatic rings. The van der Waals surface area contributed by atoms with Gasteiger partial charge in [-0.3, -0.25) is 9.59 Å². The zero-order chi connectivity index (χ0) is 22.1. The predicted molar refractivity (Wildman–Crippen MR) is 119 cm³/mol. The highest BCUT2D eigenvalue weighted by Gasteiger charge is 2.44. The molecule has 4 amide bonds. The number of anilines is 1. The molecule has 8 nitrogen and oxygen atoms in total. The van der Waals surface area contributed by atoms with E-state index in [-0.39, 0.29) is 36.3 Å². The molecule has 5 rings (SSSR count). The van der Waals surface area contributed by atoms with Crippen LogP contribution in [0.2, 0.25) is 0 Å². The van der Waals surface area contributed by atoms with Crippen LogP contribution in [0.25, 0.3) is 0 Å². The molecule has 2 saturated heterocycles. The molecule has 1 aliphatic carbocycles. The Labute approximate surface area is 188 Å². The number of rotatable bonds is 2. The van der Waals surface area contributed by atoms with E-state index in [2.05, 4.69) is 10.6 Å². The maximum absolute atomic E-state index is 13.3. The number of carbonyl (C=O) groups is 3. The third-order valence-corrected chi connectivity index (χ3v) is 7.44. The molecule has 1 spiro atoms. The van der Waals surface area contributed by atoms with Crippen LogP contribution in [0.15, 0.2) is 24.3 Å². The first kappa shape index (κ1) is 21.1. The number of amides is 4. The van der Waals surface area contributed by atoms with E-state index in [0.717, 1.165) is 32.1 Å². The van der Waals surface area contributed by atoms with Gasteiger partial charge in [0.25, 0.3) is 0 Å². The number of hydrogen-bond donors (Lipinski definition) is 2. The topological polar surface area (TPSA) is 91.0 Å². The molecule has 3 heterocycles. The molecule has 1 unspecified atom stereocenters. The van der Waals surface area contributed by atoms with Crippen molar-refractivity contribution in [2.45, 2.75) is 75.5 Å². The number of nitrogens with zero attached hydrogens (tertiary/aromatic N) is 2. The predicted octanol–water partition coefficient (Wildman–Crippen LogP) is 2.89. The van der Waals surface area contributed by atoms with E-state index in [9.17, 15) is 14.4 Å². The second-order valence-corrected chi connectivity index (χ2v) is 9.61. The normalized spacial score (nSPS) is 25.1. The van der Waals surface area contributed by atoms with Crippen LogP contribution in [0.3, 0.4) is 0 Å². The minimum Gasteiger partial charge on any atom is -0.484 e. The summed E-state index contributed by atoms with van der Waals surface area (Å²) in [6, 6.07) is 7.25. The van der Waals surface area contributed by atoms with Crippen molar-refractivity contribution in [1.29, 1.82) is 0 Å². The van der Waals surface area contributed by atoms with E-state index >= 15 is 0 Å². The number of urea groups is 1. The lowest BCUT2D eigenvalue weighted by Gasteiger charge is -2.42. The fourth-order valence-corrected chi connectivity index (χ4v) is 5.63. The third kappa shape index (κ3) is 4.14. The van der Waals surface area contributed by atoms with Gasteiger partial charge in [0.2, 0.25) is 11.8 Å². The van der Waals surface area contributed by atoms with Gasteiger partial charge in [0.1, 0.15) is 17.4 Å². The summed E-state index contributed by atoms with van der Waals surface area (Å²) in [5.41, 5.74) is 0.102. The fourth-order valence-electron chi connectivity index (χ4n) is 5.63. The van der Waals surface area contributed by atoms with E-state index in [4.69, 9.17) is 4.74 Å². The summed E-state index contributed by atoms with van der Waals surface area (Å²) in [5.74, 6) is 0.654. The van der Waals surface area contributed by atoms with Crippen LogP contribution in [0, 0.1) is 0 Å². The standard InChI is InChI=1S/C24H32N4O4/c29-21-16-24(32-20-10-4-3-8-18(20)26-21)11-14-27(15-12-24)22(30)19-9-5-13-28(19)23(31)25-17-6-1-2-7-17/h3-4,8,10,17,19H,1-2,5-7,9,11-16H2,(H,25,31)(H,26,29). The second-order valence-electron chi connectivity index (χ2n) is 9.61. The molecule has 1 atom stereocenters. The molecule has 3 fully saturated rings. The van der Waals surface area contributed by atoms with Gasteiger partial charge in [0, 0.05) is 38.5 Å². The average molecular weight is 441 g/mol. The molecule has 32 heavy (non-hydrogen) atoms. The molecule has 172 valence electrons. The number of nitrogens with one attached hydrogen (secondary N) is 2. The lowest BCUT2D eigenvalue weighted by atomic mass is 9.87. The fraction of sp³-hybridized carbons (Fsp3) is 0.625. The van der Waals surface area contributed by atoms with Gasteiger partial charge in [-0.15, -0.1) is 0 Å². The summed E-state index contributed by atoms with van der Waals surface area (Å²) >= 11 is 0. The first-order valence-electron chi connectivity index (χ1n) is 12.0. The van der Waals surface area contributed by atoms with Crippen LogP contribution in [0.5, 0.6) is 5.75 Å². The SMILES string of the molecule is O=C1CC2(CCN(C(=O)C3CCCN3C(=O)NC3CCCC3)CC2)Oc2ccccc2N1. The molecule has 3 aliphatic heterocycles. The Bertz CT molecular complexity index is 890. The Hall–Kier alpha value is -2.77. The van der Waals surface area contributed by atoms with Gasteiger partial charge < -0.3 is 25.2 Å². The summed E-state index contributed by atoms with van der Waals surface area (Å²) < 4.78 is 6.35. The smallest absolute Gasteiger partial charge is 0.318 e. The first-order chi connectivity index (χ1) is 15.5. The highest BCUT2D eigenvalue weighted by atomic mass is 16.5. The van der Waals surface area contributed by atoms with E-state index in [1.165, 1.54) is 0 Å². The molecule has 4 aliphatic rings. The molecule has 8 heteroatoms. The van der Waals surface area contributed by atoms with Gasteiger partial charge in [-0.05, 0) is 37.8 Å². The number of ether oxygens (including phenoxy) is 1. The van der Waals surface area contributed by atoms with Crippen molar-refractivity contribution in [3.05, 3.63) is 24.3 Å². The number of likely N-dealkylation sites (tertiary alicyclic amines) is 2. The monoisotopic (exact) mass is 440 g/mol. The van der Waals surface area contributed by atoms with E-state index in [1.807, 2.05) is 29.2 Å². The molecule has 1 saturated carbocycles. The summed E-state index contributed by atoms with van der Waals surface area (Å²) in [6.07, 6.45) is 7.43. The van der Waals surface area contributed by atoms with Crippen LogP contribution in [0.4, 0.5) is 10.5 Å². The number of carbonyl (C=O) groups excluding carboxylic acids is 3.